The summed E-state index contributed by atoms with van der Waals surface area (Å²) in [7, 11) is 1.85. The van der Waals surface area contributed by atoms with E-state index in [2.05, 4.69) is 20.6 Å². The molecule has 0 atom stereocenters. The largest absolute Gasteiger partial charge is 0.361 e. The van der Waals surface area contributed by atoms with E-state index in [-0.39, 0.29) is 11.6 Å². The summed E-state index contributed by atoms with van der Waals surface area (Å²) in [5, 5.41) is 10.6. The van der Waals surface area contributed by atoms with Crippen LogP contribution in [0, 0.1) is 6.92 Å². The van der Waals surface area contributed by atoms with E-state index in [1.807, 2.05) is 25.4 Å². The molecule has 7 heteroatoms. The van der Waals surface area contributed by atoms with Crippen molar-refractivity contribution < 1.29 is 9.32 Å². The van der Waals surface area contributed by atoms with Gasteiger partial charge in [-0.25, -0.2) is 0 Å². The summed E-state index contributed by atoms with van der Waals surface area (Å²) in [6.07, 6.45) is 5.36. The van der Waals surface area contributed by atoms with Crippen molar-refractivity contribution in [3.05, 3.63) is 53.8 Å². The Kier molecular flexibility index (Phi) is 3.69. The highest BCUT2D eigenvalue weighted by Gasteiger charge is 2.10. The fourth-order valence-electron chi connectivity index (χ4n) is 2.04. The molecule has 3 heterocycles. The number of pyridine rings is 1. The topological polar surface area (TPSA) is 85.8 Å². The van der Waals surface area contributed by atoms with E-state index in [0.29, 0.717) is 12.3 Å². The summed E-state index contributed by atoms with van der Waals surface area (Å²) in [4.78, 5) is 16.2. The number of aromatic nitrogens is 4. The smallest absolute Gasteiger partial charge is 0.273 e. The molecule has 0 saturated heterocycles. The lowest BCUT2D eigenvalue weighted by atomic mass is 10.1. The maximum absolute atomic E-state index is 11.9. The fourth-order valence-corrected chi connectivity index (χ4v) is 2.04. The predicted molar refractivity (Wildman–Crippen MR) is 78.8 cm³/mol. The molecule has 0 fully saturated rings. The van der Waals surface area contributed by atoms with Gasteiger partial charge in [-0.1, -0.05) is 5.16 Å². The molecular formula is C15H15N5O2. The molecule has 3 aromatic heterocycles. The number of nitrogens with one attached hydrogen (secondary N) is 1. The van der Waals surface area contributed by atoms with Crippen molar-refractivity contribution in [2.75, 3.05) is 0 Å². The molecule has 0 radical (unpaired) electrons. The Balaban J connectivity index is 1.69. The van der Waals surface area contributed by atoms with Crippen LogP contribution in [0.1, 0.15) is 21.8 Å². The molecule has 0 saturated carbocycles. The first kappa shape index (κ1) is 14.0. The van der Waals surface area contributed by atoms with Gasteiger partial charge in [-0.2, -0.15) is 5.10 Å². The van der Waals surface area contributed by atoms with Crippen molar-refractivity contribution in [3.63, 3.8) is 0 Å². The molecule has 0 aliphatic carbocycles. The molecule has 3 rings (SSSR count). The third kappa shape index (κ3) is 3.03. The van der Waals surface area contributed by atoms with Crippen molar-refractivity contribution in [2.24, 2.45) is 7.05 Å². The summed E-state index contributed by atoms with van der Waals surface area (Å²) in [6.45, 7) is 2.13. The van der Waals surface area contributed by atoms with Crippen molar-refractivity contribution in [2.45, 2.75) is 13.5 Å². The Hall–Kier alpha value is -2.96. The minimum atomic E-state index is -0.267. The molecule has 3 aromatic rings. The lowest BCUT2D eigenvalue weighted by Gasteiger charge is -2.04. The number of carbonyl (C=O) groups excluding carboxylic acids is 1. The lowest BCUT2D eigenvalue weighted by Crippen LogP contribution is -2.23. The zero-order valence-corrected chi connectivity index (χ0v) is 12.3. The molecular weight excluding hydrogens is 282 g/mol. The molecule has 22 heavy (non-hydrogen) atoms. The quantitative estimate of drug-likeness (QED) is 0.792. The third-order valence-corrected chi connectivity index (χ3v) is 3.14. The summed E-state index contributed by atoms with van der Waals surface area (Å²) in [5.41, 5.74) is 2.97. The number of hydrogen-bond donors (Lipinski definition) is 1. The zero-order chi connectivity index (χ0) is 15.5. The first-order valence-electron chi connectivity index (χ1n) is 6.77. The fraction of sp³-hybridized carbons (Fsp3) is 0.200. The van der Waals surface area contributed by atoms with E-state index in [0.717, 1.165) is 16.8 Å². The molecule has 0 aliphatic heterocycles. The van der Waals surface area contributed by atoms with Crippen molar-refractivity contribution in [1.82, 2.24) is 25.2 Å². The Morgan fingerprint density at radius 3 is 2.95 bits per heavy atom. The van der Waals surface area contributed by atoms with E-state index < -0.39 is 0 Å². The van der Waals surface area contributed by atoms with Crippen molar-refractivity contribution in [3.8, 4) is 11.3 Å². The van der Waals surface area contributed by atoms with Crippen LogP contribution in [0.2, 0.25) is 0 Å². The van der Waals surface area contributed by atoms with Crippen LogP contribution in [0.25, 0.3) is 11.3 Å². The first-order valence-corrected chi connectivity index (χ1v) is 6.77. The summed E-state index contributed by atoms with van der Waals surface area (Å²) in [6, 6.07) is 5.38. The van der Waals surface area contributed by atoms with E-state index in [9.17, 15) is 4.79 Å². The van der Waals surface area contributed by atoms with Crippen LogP contribution in [-0.2, 0) is 13.6 Å². The van der Waals surface area contributed by atoms with Crippen LogP contribution in [0.4, 0.5) is 0 Å². The van der Waals surface area contributed by atoms with Crippen LogP contribution < -0.4 is 5.32 Å². The van der Waals surface area contributed by atoms with Crippen molar-refractivity contribution in [1.29, 1.82) is 0 Å². The Morgan fingerprint density at radius 1 is 1.41 bits per heavy atom. The number of hydrogen-bond acceptors (Lipinski definition) is 5. The maximum atomic E-state index is 11.9. The molecule has 1 amide bonds. The van der Waals surface area contributed by atoms with Gasteiger partial charge < -0.3 is 9.84 Å². The van der Waals surface area contributed by atoms with Gasteiger partial charge in [0.1, 0.15) is 5.76 Å². The maximum Gasteiger partial charge on any atom is 0.273 e. The second-order valence-corrected chi connectivity index (χ2v) is 4.96. The minimum absolute atomic E-state index is 0.267. The molecule has 7 nitrogen and oxygen atoms in total. The summed E-state index contributed by atoms with van der Waals surface area (Å²) < 4.78 is 6.61. The van der Waals surface area contributed by atoms with Gasteiger partial charge >= 0.3 is 0 Å². The van der Waals surface area contributed by atoms with Gasteiger partial charge in [-0.3, -0.25) is 14.5 Å². The minimum Gasteiger partial charge on any atom is -0.361 e. The van der Waals surface area contributed by atoms with Crippen LogP contribution in [0.3, 0.4) is 0 Å². The first-order chi connectivity index (χ1) is 10.6. The highest BCUT2D eigenvalue weighted by molar-refractivity contribution is 5.92. The Bertz CT molecular complexity index is 806. The van der Waals surface area contributed by atoms with Crippen LogP contribution >= 0.6 is 0 Å². The van der Waals surface area contributed by atoms with Gasteiger partial charge in [0, 0.05) is 37.6 Å². The van der Waals surface area contributed by atoms with E-state index in [1.54, 1.807) is 30.1 Å². The summed E-state index contributed by atoms with van der Waals surface area (Å²) in [5.74, 6) is 0.338. The van der Waals surface area contributed by atoms with Gasteiger partial charge in [0.05, 0.1) is 11.9 Å². The second-order valence-electron chi connectivity index (χ2n) is 4.96. The second kappa shape index (κ2) is 5.80. The van der Waals surface area contributed by atoms with Gasteiger partial charge in [-0.05, 0) is 24.6 Å². The lowest BCUT2D eigenvalue weighted by molar-refractivity contribution is 0.0942. The average Bonchev–Trinajstić information content (AvgIpc) is 3.14. The third-order valence-electron chi connectivity index (χ3n) is 3.14. The number of aryl methyl sites for hydroxylation is 2. The zero-order valence-electron chi connectivity index (χ0n) is 12.3. The molecule has 0 aromatic carbocycles. The number of carbonyl (C=O) groups is 1. The molecule has 112 valence electrons. The van der Waals surface area contributed by atoms with Gasteiger partial charge in [0.2, 0.25) is 0 Å². The van der Waals surface area contributed by atoms with Gasteiger partial charge in [-0.15, -0.1) is 0 Å². The highest BCUT2D eigenvalue weighted by Crippen LogP contribution is 2.16. The number of rotatable bonds is 4. The Labute approximate surface area is 127 Å². The molecule has 1 N–H and O–H groups in total. The SMILES string of the molecule is Cc1cc(C(=O)NCc2ccnc(-c3cnn(C)c3)c2)no1. The molecule has 0 spiro atoms. The van der Waals surface area contributed by atoms with Crippen LogP contribution in [0.5, 0.6) is 0 Å². The number of amides is 1. The molecule has 0 aliphatic rings. The van der Waals surface area contributed by atoms with Crippen LogP contribution in [-0.4, -0.2) is 25.8 Å². The van der Waals surface area contributed by atoms with Gasteiger partial charge in [0.15, 0.2) is 5.69 Å². The van der Waals surface area contributed by atoms with E-state index in [4.69, 9.17) is 4.52 Å². The van der Waals surface area contributed by atoms with E-state index in [1.165, 1.54) is 0 Å². The highest BCUT2D eigenvalue weighted by atomic mass is 16.5. The Morgan fingerprint density at radius 2 is 2.27 bits per heavy atom. The van der Waals surface area contributed by atoms with E-state index >= 15 is 0 Å². The van der Waals surface area contributed by atoms with Gasteiger partial charge in [0.25, 0.3) is 5.91 Å². The summed E-state index contributed by atoms with van der Waals surface area (Å²) >= 11 is 0. The normalized spacial score (nSPS) is 10.6. The van der Waals surface area contributed by atoms with Crippen molar-refractivity contribution >= 4 is 5.91 Å². The van der Waals surface area contributed by atoms with Crippen LogP contribution in [0.15, 0.2) is 41.3 Å². The number of nitrogens with zero attached hydrogens (tertiary/aromatic N) is 4. The average molecular weight is 297 g/mol. The molecule has 0 bridgehead atoms. The standard InChI is InChI=1S/C15H15N5O2/c1-10-5-14(19-22-10)15(21)17-7-11-3-4-16-13(6-11)12-8-18-20(2)9-12/h3-6,8-9H,7H2,1-2H3,(H,17,21). The monoisotopic (exact) mass is 297 g/mol. The predicted octanol–water partition coefficient (Wildman–Crippen LogP) is 1.71. The molecule has 0 unspecified atom stereocenters.